The van der Waals surface area contributed by atoms with Gasteiger partial charge in [0.2, 0.25) is 11.7 Å². The van der Waals surface area contributed by atoms with Gasteiger partial charge in [0, 0.05) is 19.7 Å². The number of ether oxygens (including phenoxy) is 2. The number of halogens is 1. The van der Waals surface area contributed by atoms with Crippen molar-refractivity contribution in [3.63, 3.8) is 0 Å². The molecule has 0 unspecified atom stereocenters. The molecule has 2 N–H and O–H groups in total. The van der Waals surface area contributed by atoms with Crippen molar-refractivity contribution < 1.29 is 23.5 Å². The Morgan fingerprint density at radius 1 is 1.33 bits per heavy atom. The normalized spacial score (nSPS) is 10.9. The minimum absolute atomic E-state index is 0.0105. The first kappa shape index (κ1) is 20.0. The summed E-state index contributed by atoms with van der Waals surface area (Å²) < 4.78 is 24.3. The summed E-state index contributed by atoms with van der Waals surface area (Å²) in [4.78, 5) is 31.6. The predicted molar refractivity (Wildman–Crippen MR) is 98.1 cm³/mol. The Kier molecular flexibility index (Phi) is 6.61. The fourth-order valence-corrected chi connectivity index (χ4v) is 2.11. The molecular formula is C17H17FN4O4S. The van der Waals surface area contributed by atoms with Gasteiger partial charge in [-0.2, -0.15) is 4.39 Å². The first-order chi connectivity index (χ1) is 12.8. The molecule has 2 rings (SSSR count). The smallest absolute Gasteiger partial charge is 0.323 e. The molecule has 0 aliphatic carbocycles. The second-order valence-electron chi connectivity index (χ2n) is 5.37. The van der Waals surface area contributed by atoms with Gasteiger partial charge in [0.1, 0.15) is 5.75 Å². The Labute approximate surface area is 159 Å². The highest BCUT2D eigenvalue weighted by molar-refractivity contribution is 7.71. The molecule has 27 heavy (non-hydrogen) atoms. The van der Waals surface area contributed by atoms with Crippen LogP contribution in [0.4, 0.5) is 9.18 Å². The molecule has 8 nitrogen and oxygen atoms in total. The molecule has 0 saturated heterocycles. The minimum atomic E-state index is -0.841. The number of methoxy groups -OCH3 is 1. The number of rotatable bonds is 5. The summed E-state index contributed by atoms with van der Waals surface area (Å²) in [5, 5.41) is 2.21. The van der Waals surface area contributed by atoms with Crippen molar-refractivity contribution in [2.24, 2.45) is 0 Å². The fourth-order valence-electron chi connectivity index (χ4n) is 1.96. The molecule has 0 radical (unpaired) electrons. The van der Waals surface area contributed by atoms with Crippen molar-refractivity contribution in [3.8, 4) is 11.6 Å². The fraction of sp³-hybridized carbons (Fsp3) is 0.176. The first-order valence-corrected chi connectivity index (χ1v) is 8.02. The van der Waals surface area contributed by atoms with Crippen LogP contribution in [0.15, 0.2) is 36.9 Å². The molecule has 2 aromatic rings. The zero-order valence-corrected chi connectivity index (χ0v) is 15.6. The highest BCUT2D eigenvalue weighted by Crippen LogP contribution is 2.30. The average molecular weight is 392 g/mol. The summed E-state index contributed by atoms with van der Waals surface area (Å²) in [5.41, 5.74) is 0.287. The lowest BCUT2D eigenvalue weighted by atomic mass is 10.1. The van der Waals surface area contributed by atoms with Gasteiger partial charge in [-0.1, -0.05) is 30.4 Å². The lowest BCUT2D eigenvalue weighted by molar-refractivity contribution is -0.114. The van der Waals surface area contributed by atoms with Crippen LogP contribution in [-0.4, -0.2) is 48.0 Å². The van der Waals surface area contributed by atoms with Gasteiger partial charge in [-0.15, -0.1) is 0 Å². The number of para-hydroxylation sites is 1. The van der Waals surface area contributed by atoms with Gasteiger partial charge in [-0.25, -0.2) is 9.78 Å². The van der Waals surface area contributed by atoms with Gasteiger partial charge in [-0.05, 0) is 6.07 Å². The van der Waals surface area contributed by atoms with E-state index in [2.05, 4.69) is 15.3 Å². The quantitative estimate of drug-likeness (QED) is 0.461. The van der Waals surface area contributed by atoms with Crippen molar-refractivity contribution in [3.05, 3.63) is 52.9 Å². The van der Waals surface area contributed by atoms with Crippen molar-refractivity contribution in [1.82, 2.24) is 20.2 Å². The molecule has 1 aromatic heterocycles. The number of carbonyl (C=O) groups is 2. The summed E-state index contributed by atoms with van der Waals surface area (Å²) in [6.45, 7) is 0. The topological polar surface area (TPSA) is 96.5 Å². The predicted octanol–water partition coefficient (Wildman–Crippen LogP) is 2.86. The largest absolute Gasteiger partial charge is 0.504 e. The summed E-state index contributed by atoms with van der Waals surface area (Å²) >= 11 is 4.77. The summed E-state index contributed by atoms with van der Waals surface area (Å²) in [7, 11) is 4.34. The number of nitrogens with zero attached hydrogens (tertiary/aromatic N) is 2. The number of aromatic amines is 1. The van der Waals surface area contributed by atoms with Gasteiger partial charge < -0.3 is 19.4 Å². The van der Waals surface area contributed by atoms with E-state index in [4.69, 9.17) is 21.7 Å². The first-order valence-electron chi connectivity index (χ1n) is 7.61. The lowest BCUT2D eigenvalue weighted by Crippen LogP contribution is -2.39. The molecule has 0 aliphatic rings. The maximum Gasteiger partial charge on any atom is 0.323 e. The van der Waals surface area contributed by atoms with E-state index in [1.54, 1.807) is 18.2 Å². The zero-order valence-electron chi connectivity index (χ0n) is 14.8. The van der Waals surface area contributed by atoms with Crippen molar-refractivity contribution >= 4 is 29.7 Å². The van der Waals surface area contributed by atoms with Crippen LogP contribution >= 0.6 is 12.2 Å². The SMILES string of the molecule is CO/C=C(/C(=O)NC(=O)N(C)C)c1ccccc1Oc1[nH]cnc(=S)c1F. The standard InChI is InChI=1S/C17H17FN4O4S/c1-22(2)17(24)21-14(23)11(8-25-3)10-6-4-5-7-12(10)26-15-13(18)16(27)20-9-19-15/h4-9H,1-3H3,(H,19,20,27)(H,21,23,24)/b11-8+. The third-order valence-electron chi connectivity index (χ3n) is 3.26. The van der Waals surface area contributed by atoms with E-state index in [9.17, 15) is 14.0 Å². The number of benzene rings is 1. The molecule has 10 heteroatoms. The van der Waals surface area contributed by atoms with E-state index in [1.807, 2.05) is 0 Å². The van der Waals surface area contributed by atoms with Crippen molar-refractivity contribution in [1.29, 1.82) is 0 Å². The molecule has 0 bridgehead atoms. The number of aromatic nitrogens is 2. The summed E-state index contributed by atoms with van der Waals surface area (Å²) in [6.07, 6.45) is 2.35. The Morgan fingerprint density at radius 3 is 2.70 bits per heavy atom. The number of carbonyl (C=O) groups excluding carboxylic acids is 2. The minimum Gasteiger partial charge on any atom is -0.504 e. The summed E-state index contributed by atoms with van der Waals surface area (Å²) in [6, 6.07) is 5.77. The van der Waals surface area contributed by atoms with Crippen LogP contribution in [0.2, 0.25) is 0 Å². The highest BCUT2D eigenvalue weighted by atomic mass is 32.1. The van der Waals surface area contributed by atoms with Gasteiger partial charge in [0.25, 0.3) is 5.91 Å². The van der Waals surface area contributed by atoms with Crippen molar-refractivity contribution in [2.75, 3.05) is 21.2 Å². The Hall–Kier alpha value is -3.27. The van der Waals surface area contributed by atoms with E-state index in [1.165, 1.54) is 38.5 Å². The monoisotopic (exact) mass is 392 g/mol. The number of amides is 3. The van der Waals surface area contributed by atoms with Gasteiger partial charge in [-0.3, -0.25) is 10.1 Å². The molecule has 0 fully saturated rings. The van der Waals surface area contributed by atoms with Crippen LogP contribution in [0, 0.1) is 10.5 Å². The maximum atomic E-state index is 14.1. The van der Waals surface area contributed by atoms with Crippen LogP contribution in [0.1, 0.15) is 5.56 Å². The van der Waals surface area contributed by atoms with E-state index in [0.717, 1.165) is 6.26 Å². The second kappa shape index (κ2) is 8.90. The number of H-pyrrole nitrogens is 1. The number of urea groups is 1. The van der Waals surface area contributed by atoms with E-state index < -0.39 is 17.8 Å². The van der Waals surface area contributed by atoms with Crippen LogP contribution in [-0.2, 0) is 9.53 Å². The van der Waals surface area contributed by atoms with E-state index in [0.29, 0.717) is 0 Å². The molecule has 142 valence electrons. The van der Waals surface area contributed by atoms with Gasteiger partial charge in [0.15, 0.2) is 4.64 Å². The zero-order chi connectivity index (χ0) is 20.0. The molecule has 0 aliphatic heterocycles. The van der Waals surface area contributed by atoms with E-state index in [-0.39, 0.29) is 27.4 Å². The van der Waals surface area contributed by atoms with E-state index >= 15 is 0 Å². The molecular weight excluding hydrogens is 375 g/mol. The number of hydrogen-bond donors (Lipinski definition) is 2. The third-order valence-corrected chi connectivity index (χ3v) is 3.55. The molecule has 1 aromatic carbocycles. The molecule has 1 heterocycles. The Morgan fingerprint density at radius 2 is 2.04 bits per heavy atom. The van der Waals surface area contributed by atoms with Crippen LogP contribution in [0.25, 0.3) is 5.57 Å². The highest BCUT2D eigenvalue weighted by Gasteiger charge is 2.21. The van der Waals surface area contributed by atoms with Crippen LogP contribution in [0.3, 0.4) is 0 Å². The molecule has 0 spiro atoms. The summed E-state index contributed by atoms with van der Waals surface area (Å²) in [5.74, 6) is -1.67. The van der Waals surface area contributed by atoms with Crippen LogP contribution in [0.5, 0.6) is 11.6 Å². The maximum absolute atomic E-state index is 14.1. The Bertz CT molecular complexity index is 943. The van der Waals surface area contributed by atoms with Gasteiger partial charge in [0.05, 0.1) is 25.3 Å². The number of nitrogens with one attached hydrogen (secondary N) is 2. The molecule has 0 atom stereocenters. The molecule has 3 amide bonds. The number of imide groups is 1. The van der Waals surface area contributed by atoms with Crippen molar-refractivity contribution in [2.45, 2.75) is 0 Å². The lowest BCUT2D eigenvalue weighted by Gasteiger charge is -2.15. The third kappa shape index (κ3) is 4.88. The Balaban J connectivity index is 2.42. The number of hydrogen-bond acceptors (Lipinski definition) is 6. The van der Waals surface area contributed by atoms with Gasteiger partial charge >= 0.3 is 6.03 Å². The second-order valence-corrected chi connectivity index (χ2v) is 5.76. The average Bonchev–Trinajstić information content (AvgIpc) is 2.64. The van der Waals surface area contributed by atoms with Crippen LogP contribution < -0.4 is 10.1 Å². The molecule has 0 saturated carbocycles.